The van der Waals surface area contributed by atoms with Crippen LogP contribution in [0.25, 0.3) is 0 Å². The van der Waals surface area contributed by atoms with Crippen molar-refractivity contribution in [3.63, 3.8) is 0 Å². The van der Waals surface area contributed by atoms with Crippen LogP contribution in [-0.4, -0.2) is 21.2 Å². The number of nitrogens with zero attached hydrogens (tertiary/aromatic N) is 4. The highest BCUT2D eigenvalue weighted by atomic mass is 32.2. The molecule has 1 fully saturated rings. The number of nitrogens with one attached hydrogen (secondary N) is 1. The van der Waals surface area contributed by atoms with E-state index in [1.54, 1.807) is 12.1 Å². The van der Waals surface area contributed by atoms with E-state index >= 15 is 0 Å². The molecule has 0 unspecified atom stereocenters. The molecule has 1 aliphatic carbocycles. The largest absolute Gasteiger partial charge is 0.357 e. The Morgan fingerprint density at radius 3 is 2.95 bits per heavy atom. The molecular weight excluding hydrogens is 310 g/mol. The van der Waals surface area contributed by atoms with Gasteiger partial charge in [0.1, 0.15) is 0 Å². The fraction of sp³-hybridized carbons (Fsp3) is 0.250. The molecule has 0 radical (unpaired) electrons. The van der Waals surface area contributed by atoms with Crippen molar-refractivity contribution in [1.82, 2.24) is 10.2 Å². The van der Waals surface area contributed by atoms with E-state index in [1.165, 1.54) is 29.2 Å². The highest BCUT2D eigenvalue weighted by Crippen LogP contribution is 2.38. The Morgan fingerprint density at radius 1 is 1.48 bits per heavy atom. The van der Waals surface area contributed by atoms with Crippen LogP contribution in [0.2, 0.25) is 0 Å². The highest BCUT2D eigenvalue weighted by Gasteiger charge is 2.23. The van der Waals surface area contributed by atoms with Crippen molar-refractivity contribution in [3.05, 3.63) is 33.9 Å². The van der Waals surface area contributed by atoms with E-state index in [0.717, 1.165) is 18.0 Å². The van der Waals surface area contributed by atoms with Gasteiger partial charge in [-0.15, -0.1) is 10.2 Å². The summed E-state index contributed by atoms with van der Waals surface area (Å²) in [4.78, 5) is 11.0. The minimum atomic E-state index is -0.492. The van der Waals surface area contributed by atoms with Crippen LogP contribution in [0.15, 0.2) is 27.4 Å². The predicted molar refractivity (Wildman–Crippen MR) is 78.5 cm³/mol. The van der Waals surface area contributed by atoms with Crippen LogP contribution < -0.4 is 5.32 Å². The Labute approximate surface area is 128 Å². The number of rotatable bonds is 5. The van der Waals surface area contributed by atoms with Crippen molar-refractivity contribution in [1.29, 1.82) is 5.26 Å². The van der Waals surface area contributed by atoms with E-state index in [2.05, 4.69) is 15.5 Å². The number of nitro groups is 1. The van der Waals surface area contributed by atoms with E-state index < -0.39 is 4.92 Å². The summed E-state index contributed by atoms with van der Waals surface area (Å²) >= 11 is 2.55. The summed E-state index contributed by atoms with van der Waals surface area (Å²) in [5.74, 6) is 0. The minimum Gasteiger partial charge on any atom is -0.357 e. The van der Waals surface area contributed by atoms with Crippen molar-refractivity contribution in [2.75, 3.05) is 5.32 Å². The second-order valence-corrected chi connectivity index (χ2v) is 6.71. The van der Waals surface area contributed by atoms with E-state index in [-0.39, 0.29) is 11.3 Å². The molecule has 0 saturated heterocycles. The van der Waals surface area contributed by atoms with Crippen LogP contribution in [-0.2, 0) is 0 Å². The lowest BCUT2D eigenvalue weighted by Crippen LogP contribution is -1.99. The molecule has 1 aromatic carbocycles. The first kappa shape index (κ1) is 13.8. The zero-order valence-corrected chi connectivity index (χ0v) is 12.3. The van der Waals surface area contributed by atoms with E-state index in [4.69, 9.17) is 5.26 Å². The maximum atomic E-state index is 11.1. The number of nitro benzene ring substituents is 1. The first-order valence-corrected chi connectivity index (χ1v) is 7.75. The molecule has 21 heavy (non-hydrogen) atoms. The van der Waals surface area contributed by atoms with Gasteiger partial charge in [-0.05, 0) is 36.7 Å². The molecule has 0 aliphatic heterocycles. The van der Waals surface area contributed by atoms with Gasteiger partial charge >= 0.3 is 0 Å². The standard InChI is InChI=1S/C12H9N5O2S2/c13-6-7-1-4-10(9(5-7)17(18)19)20-12-16-15-11(21-12)14-8-2-3-8/h1,4-5,8H,2-3H2,(H,14,15). The lowest BCUT2D eigenvalue weighted by Gasteiger charge is -2.00. The van der Waals surface area contributed by atoms with Crippen molar-refractivity contribution in [2.24, 2.45) is 0 Å². The highest BCUT2D eigenvalue weighted by molar-refractivity contribution is 8.01. The van der Waals surface area contributed by atoms with Crippen LogP contribution in [0, 0.1) is 21.4 Å². The molecular formula is C12H9N5O2S2. The summed E-state index contributed by atoms with van der Waals surface area (Å²) in [6, 6.07) is 6.78. The number of aromatic nitrogens is 2. The van der Waals surface area contributed by atoms with Crippen LogP contribution >= 0.6 is 23.1 Å². The van der Waals surface area contributed by atoms with E-state index in [1.807, 2.05) is 6.07 Å². The van der Waals surface area contributed by atoms with Crippen LogP contribution in [0.4, 0.5) is 10.8 Å². The monoisotopic (exact) mass is 319 g/mol. The van der Waals surface area contributed by atoms with Gasteiger partial charge in [0.25, 0.3) is 5.69 Å². The second kappa shape index (κ2) is 5.67. The molecule has 1 heterocycles. The number of benzene rings is 1. The van der Waals surface area contributed by atoms with Crippen molar-refractivity contribution in [2.45, 2.75) is 28.1 Å². The van der Waals surface area contributed by atoms with E-state index in [9.17, 15) is 10.1 Å². The van der Waals surface area contributed by atoms with Gasteiger partial charge < -0.3 is 5.32 Å². The zero-order valence-electron chi connectivity index (χ0n) is 10.6. The molecule has 1 N–H and O–H groups in total. The smallest absolute Gasteiger partial charge is 0.284 e. The number of nitriles is 1. The molecule has 9 heteroatoms. The molecule has 0 spiro atoms. The molecule has 1 saturated carbocycles. The summed E-state index contributed by atoms with van der Waals surface area (Å²) < 4.78 is 0.631. The van der Waals surface area contributed by atoms with Gasteiger partial charge in [-0.3, -0.25) is 10.1 Å². The molecule has 1 aromatic heterocycles. The van der Waals surface area contributed by atoms with Crippen molar-refractivity contribution in [3.8, 4) is 6.07 Å². The Balaban J connectivity index is 1.81. The molecule has 1 aliphatic rings. The molecule has 106 valence electrons. The number of hydrogen-bond donors (Lipinski definition) is 1. The summed E-state index contributed by atoms with van der Waals surface area (Å²) in [6.45, 7) is 0. The Kier molecular flexibility index (Phi) is 3.72. The third-order valence-electron chi connectivity index (χ3n) is 2.79. The third-order valence-corrected chi connectivity index (χ3v) is 4.76. The molecule has 0 amide bonds. The minimum absolute atomic E-state index is 0.0917. The summed E-state index contributed by atoms with van der Waals surface area (Å²) in [6.07, 6.45) is 2.28. The topological polar surface area (TPSA) is 105 Å². The average Bonchev–Trinajstić information content (AvgIpc) is 3.18. The molecule has 3 rings (SSSR count). The van der Waals surface area contributed by atoms with Crippen LogP contribution in [0.3, 0.4) is 0 Å². The summed E-state index contributed by atoms with van der Waals surface area (Å²) in [5.41, 5.74) is 0.172. The van der Waals surface area contributed by atoms with Gasteiger partial charge in [-0.25, -0.2) is 0 Å². The van der Waals surface area contributed by atoms with Crippen molar-refractivity contribution >= 4 is 33.9 Å². The second-order valence-electron chi connectivity index (χ2n) is 4.45. The number of hydrogen-bond acceptors (Lipinski definition) is 8. The maximum absolute atomic E-state index is 11.1. The predicted octanol–water partition coefficient (Wildman–Crippen LogP) is 3.04. The summed E-state index contributed by atoms with van der Waals surface area (Å²) in [7, 11) is 0. The maximum Gasteiger partial charge on any atom is 0.284 e. The first-order valence-electron chi connectivity index (χ1n) is 6.12. The third kappa shape index (κ3) is 3.29. The van der Waals surface area contributed by atoms with Crippen molar-refractivity contribution < 1.29 is 4.92 Å². The molecule has 0 atom stereocenters. The van der Waals surface area contributed by atoms with Crippen LogP contribution in [0.5, 0.6) is 0 Å². The lowest BCUT2D eigenvalue weighted by molar-refractivity contribution is -0.387. The van der Waals surface area contributed by atoms with Gasteiger partial charge in [0, 0.05) is 12.1 Å². The van der Waals surface area contributed by atoms with Gasteiger partial charge in [-0.1, -0.05) is 11.3 Å². The first-order chi connectivity index (χ1) is 10.2. The van der Waals surface area contributed by atoms with E-state index in [0.29, 0.717) is 15.3 Å². The van der Waals surface area contributed by atoms with Gasteiger partial charge in [-0.2, -0.15) is 5.26 Å². The summed E-state index contributed by atoms with van der Waals surface area (Å²) in [5, 5.41) is 31.9. The fourth-order valence-electron chi connectivity index (χ4n) is 1.62. The molecule has 2 aromatic rings. The van der Waals surface area contributed by atoms with Gasteiger partial charge in [0.2, 0.25) is 5.13 Å². The normalized spacial score (nSPS) is 13.7. The number of anilines is 1. The molecule has 7 nitrogen and oxygen atoms in total. The Bertz CT molecular complexity index is 735. The SMILES string of the molecule is N#Cc1ccc(Sc2nnc(NC3CC3)s2)c([N+](=O)[O-])c1. The molecule has 0 bridgehead atoms. The quantitative estimate of drug-likeness (QED) is 0.667. The van der Waals surface area contributed by atoms with Crippen LogP contribution in [0.1, 0.15) is 18.4 Å². The lowest BCUT2D eigenvalue weighted by atomic mass is 10.2. The van der Waals surface area contributed by atoms with Gasteiger partial charge in [0.05, 0.1) is 21.5 Å². The average molecular weight is 319 g/mol. The Hall–Kier alpha value is -2.18. The zero-order chi connectivity index (χ0) is 14.8. The Morgan fingerprint density at radius 2 is 2.29 bits per heavy atom. The fourth-order valence-corrected chi connectivity index (χ4v) is 3.49. The van der Waals surface area contributed by atoms with Gasteiger partial charge in [0.15, 0.2) is 4.34 Å².